The van der Waals surface area contributed by atoms with Crippen LogP contribution in [0.15, 0.2) is 42.7 Å². The smallest absolute Gasteiger partial charge is 0.253 e. The molecule has 3 heterocycles. The van der Waals surface area contributed by atoms with Gasteiger partial charge in [0.15, 0.2) is 0 Å². The average molecular weight is 352 g/mol. The normalized spacial score (nSPS) is 16.2. The fraction of sp³-hybridized carbons (Fsp3) is 0.400. The summed E-state index contributed by atoms with van der Waals surface area (Å²) < 4.78 is 0. The summed E-state index contributed by atoms with van der Waals surface area (Å²) in [6.45, 7) is 5.06. The lowest BCUT2D eigenvalue weighted by molar-refractivity contribution is -0.129. The van der Waals surface area contributed by atoms with E-state index in [1.807, 2.05) is 42.2 Å². The first-order valence-electron chi connectivity index (χ1n) is 8.98. The van der Waals surface area contributed by atoms with Crippen LogP contribution in [0.3, 0.4) is 0 Å². The topological polar surface area (TPSA) is 75.2 Å². The van der Waals surface area contributed by atoms with Crippen molar-refractivity contribution in [1.29, 1.82) is 0 Å². The van der Waals surface area contributed by atoms with Crippen molar-refractivity contribution < 1.29 is 9.59 Å². The molecule has 0 radical (unpaired) electrons. The molecule has 0 unspecified atom stereocenters. The Kier molecular flexibility index (Phi) is 5.61. The molecular formula is C20H24N4O2. The molecule has 0 spiro atoms. The standard InChI is InChI=1S/C20H24N4O2/c1-14(18-5-3-4-10-21-18)23-20(26)17-6-7-19(22-13-17)16-8-11-24(12-9-16)15(2)25/h3-7,10,13-14,16H,8-9,11-12H2,1-2H3,(H,23,26)/t14-/m1/s1. The molecule has 0 bridgehead atoms. The van der Waals surface area contributed by atoms with Crippen LogP contribution in [-0.2, 0) is 4.79 Å². The minimum atomic E-state index is -0.167. The second kappa shape index (κ2) is 8.08. The van der Waals surface area contributed by atoms with Crippen LogP contribution >= 0.6 is 0 Å². The SMILES string of the molecule is CC(=O)N1CCC(c2ccc(C(=O)N[C@H](C)c3ccccn3)cn2)CC1. The first-order chi connectivity index (χ1) is 12.5. The molecule has 1 atom stereocenters. The van der Waals surface area contributed by atoms with Gasteiger partial charge in [0.25, 0.3) is 5.91 Å². The van der Waals surface area contributed by atoms with Crippen molar-refractivity contribution in [3.63, 3.8) is 0 Å². The fourth-order valence-corrected chi connectivity index (χ4v) is 3.26. The zero-order valence-corrected chi connectivity index (χ0v) is 15.2. The lowest BCUT2D eigenvalue weighted by atomic mass is 9.93. The molecule has 1 N–H and O–H groups in total. The molecule has 2 aromatic rings. The molecule has 1 aliphatic rings. The quantitative estimate of drug-likeness (QED) is 0.918. The van der Waals surface area contributed by atoms with Gasteiger partial charge in [-0.3, -0.25) is 19.6 Å². The number of aromatic nitrogens is 2. The summed E-state index contributed by atoms with van der Waals surface area (Å²) in [5.41, 5.74) is 2.35. The summed E-state index contributed by atoms with van der Waals surface area (Å²) in [4.78, 5) is 34.5. The minimum Gasteiger partial charge on any atom is -0.344 e. The van der Waals surface area contributed by atoms with Crippen molar-refractivity contribution in [2.24, 2.45) is 0 Å². The maximum atomic E-state index is 12.4. The molecule has 1 saturated heterocycles. The summed E-state index contributed by atoms with van der Waals surface area (Å²) in [5, 5.41) is 2.94. The molecule has 2 amide bonds. The summed E-state index contributed by atoms with van der Waals surface area (Å²) in [7, 11) is 0. The van der Waals surface area contributed by atoms with Gasteiger partial charge < -0.3 is 10.2 Å². The number of likely N-dealkylation sites (tertiary alicyclic amines) is 1. The number of nitrogens with one attached hydrogen (secondary N) is 1. The Morgan fingerprint density at radius 1 is 1.15 bits per heavy atom. The highest BCUT2D eigenvalue weighted by atomic mass is 16.2. The Morgan fingerprint density at radius 2 is 1.92 bits per heavy atom. The maximum Gasteiger partial charge on any atom is 0.253 e. The molecule has 3 rings (SSSR count). The third-order valence-corrected chi connectivity index (χ3v) is 4.89. The van der Waals surface area contributed by atoms with Crippen molar-refractivity contribution in [2.45, 2.75) is 38.6 Å². The third-order valence-electron chi connectivity index (χ3n) is 4.89. The lowest BCUT2D eigenvalue weighted by Crippen LogP contribution is -2.36. The molecule has 136 valence electrons. The molecule has 6 nitrogen and oxygen atoms in total. The van der Waals surface area contributed by atoms with Crippen LogP contribution in [0.4, 0.5) is 0 Å². The van der Waals surface area contributed by atoms with E-state index in [1.165, 1.54) is 0 Å². The van der Waals surface area contributed by atoms with Gasteiger partial charge in [0.1, 0.15) is 0 Å². The molecule has 0 aromatic carbocycles. The largest absolute Gasteiger partial charge is 0.344 e. The Balaban J connectivity index is 1.59. The monoisotopic (exact) mass is 352 g/mol. The van der Waals surface area contributed by atoms with E-state index in [4.69, 9.17) is 0 Å². The first-order valence-corrected chi connectivity index (χ1v) is 8.98. The molecule has 0 saturated carbocycles. The molecule has 6 heteroatoms. The zero-order valence-electron chi connectivity index (χ0n) is 15.2. The van der Waals surface area contributed by atoms with Crippen molar-refractivity contribution in [3.8, 4) is 0 Å². The molecular weight excluding hydrogens is 328 g/mol. The number of carbonyl (C=O) groups excluding carboxylic acids is 2. The van der Waals surface area contributed by atoms with Crippen molar-refractivity contribution in [1.82, 2.24) is 20.2 Å². The van der Waals surface area contributed by atoms with Gasteiger partial charge in [-0.25, -0.2) is 0 Å². The predicted octanol–water partition coefficient (Wildman–Crippen LogP) is 2.69. The van der Waals surface area contributed by atoms with Gasteiger partial charge in [0.05, 0.1) is 17.3 Å². The highest BCUT2D eigenvalue weighted by molar-refractivity contribution is 5.94. The van der Waals surface area contributed by atoms with E-state index in [2.05, 4.69) is 15.3 Å². The third kappa shape index (κ3) is 4.25. The van der Waals surface area contributed by atoms with Crippen LogP contribution < -0.4 is 5.32 Å². The van der Waals surface area contributed by atoms with Crippen molar-refractivity contribution in [2.75, 3.05) is 13.1 Å². The summed E-state index contributed by atoms with van der Waals surface area (Å²) in [6, 6.07) is 9.22. The Labute approximate surface area is 153 Å². The fourth-order valence-electron chi connectivity index (χ4n) is 3.26. The highest BCUT2D eigenvalue weighted by Crippen LogP contribution is 2.26. The van der Waals surface area contributed by atoms with Gasteiger partial charge in [-0.15, -0.1) is 0 Å². The van der Waals surface area contributed by atoms with Crippen LogP contribution in [0, 0.1) is 0 Å². The van der Waals surface area contributed by atoms with Crippen LogP contribution in [0.2, 0.25) is 0 Å². The first kappa shape index (κ1) is 18.0. The number of hydrogen-bond acceptors (Lipinski definition) is 4. The molecule has 2 aromatic heterocycles. The Morgan fingerprint density at radius 3 is 2.50 bits per heavy atom. The molecule has 1 aliphatic heterocycles. The number of pyridine rings is 2. The molecule has 1 fully saturated rings. The second-order valence-corrected chi connectivity index (χ2v) is 6.70. The second-order valence-electron chi connectivity index (χ2n) is 6.70. The van der Waals surface area contributed by atoms with Gasteiger partial charge in [0.2, 0.25) is 5.91 Å². The van der Waals surface area contributed by atoms with E-state index in [0.29, 0.717) is 11.5 Å². The number of amides is 2. The summed E-state index contributed by atoms with van der Waals surface area (Å²) in [5.74, 6) is 0.314. The average Bonchev–Trinajstić information content (AvgIpc) is 2.69. The number of nitrogens with zero attached hydrogens (tertiary/aromatic N) is 3. The van der Waals surface area contributed by atoms with Gasteiger partial charge in [-0.1, -0.05) is 6.07 Å². The zero-order chi connectivity index (χ0) is 18.5. The maximum absolute atomic E-state index is 12.4. The van der Waals surface area contributed by atoms with E-state index < -0.39 is 0 Å². The van der Waals surface area contributed by atoms with E-state index in [-0.39, 0.29) is 17.9 Å². The van der Waals surface area contributed by atoms with Crippen LogP contribution in [0.25, 0.3) is 0 Å². The van der Waals surface area contributed by atoms with E-state index in [1.54, 1.807) is 19.3 Å². The van der Waals surface area contributed by atoms with Crippen LogP contribution in [0.1, 0.15) is 60.4 Å². The van der Waals surface area contributed by atoms with Gasteiger partial charge in [-0.05, 0) is 44.0 Å². The van der Waals surface area contributed by atoms with E-state index >= 15 is 0 Å². The molecule has 0 aliphatic carbocycles. The number of piperidine rings is 1. The van der Waals surface area contributed by atoms with Crippen molar-refractivity contribution in [3.05, 3.63) is 59.7 Å². The summed E-state index contributed by atoms with van der Waals surface area (Å²) in [6.07, 6.45) is 5.17. The highest BCUT2D eigenvalue weighted by Gasteiger charge is 2.23. The predicted molar refractivity (Wildman–Crippen MR) is 98.6 cm³/mol. The van der Waals surface area contributed by atoms with Crippen LogP contribution in [-0.4, -0.2) is 39.8 Å². The number of hydrogen-bond donors (Lipinski definition) is 1. The number of rotatable bonds is 4. The Hall–Kier alpha value is -2.76. The van der Waals surface area contributed by atoms with Crippen molar-refractivity contribution >= 4 is 11.8 Å². The van der Waals surface area contributed by atoms with Gasteiger partial charge in [0, 0.05) is 44.0 Å². The number of carbonyl (C=O) groups is 2. The summed E-state index contributed by atoms with van der Waals surface area (Å²) >= 11 is 0. The van der Waals surface area contributed by atoms with E-state index in [9.17, 15) is 9.59 Å². The van der Waals surface area contributed by atoms with Crippen LogP contribution in [0.5, 0.6) is 0 Å². The van der Waals surface area contributed by atoms with Gasteiger partial charge >= 0.3 is 0 Å². The van der Waals surface area contributed by atoms with Gasteiger partial charge in [-0.2, -0.15) is 0 Å². The minimum absolute atomic E-state index is 0.130. The molecule has 26 heavy (non-hydrogen) atoms. The van der Waals surface area contributed by atoms with E-state index in [0.717, 1.165) is 37.3 Å². The Bertz CT molecular complexity index is 753. The lowest BCUT2D eigenvalue weighted by Gasteiger charge is -2.31.